The lowest BCUT2D eigenvalue weighted by Gasteiger charge is -2.00. The number of carbonyl (C=O) groups is 1. The highest BCUT2D eigenvalue weighted by Gasteiger charge is 2.19. The topological polar surface area (TPSA) is 72.2 Å². The Bertz CT molecular complexity index is 1100. The van der Waals surface area contributed by atoms with E-state index in [0.29, 0.717) is 15.0 Å². The second kappa shape index (κ2) is 6.58. The fourth-order valence-electron chi connectivity index (χ4n) is 2.52. The lowest BCUT2D eigenvalue weighted by molar-refractivity contribution is 0.102. The number of nitrogens with zero attached hydrogens (tertiary/aromatic N) is 4. The molecule has 0 spiro atoms. The van der Waals surface area contributed by atoms with Crippen molar-refractivity contribution >= 4 is 38.7 Å². The smallest absolute Gasteiger partial charge is 0.269 e. The Morgan fingerprint density at radius 1 is 1.23 bits per heavy atom. The van der Waals surface area contributed by atoms with Gasteiger partial charge in [0.2, 0.25) is 5.13 Å². The standard InChI is InChI=1S/C17H14FN5OS2/c1-3-13-21-22-16(25-13)20-15(24)14-9(2)23-8-12(19-17(23)26-14)10-4-6-11(18)7-5-10/h4-8H,3H2,1-2H3,(H,20,22,24). The number of anilines is 1. The normalized spacial score (nSPS) is 11.2. The summed E-state index contributed by atoms with van der Waals surface area (Å²) in [6, 6.07) is 6.18. The number of amides is 1. The number of hydrogen-bond acceptors (Lipinski definition) is 6. The minimum atomic E-state index is -0.284. The molecule has 132 valence electrons. The summed E-state index contributed by atoms with van der Waals surface area (Å²) in [5.41, 5.74) is 2.36. The van der Waals surface area contributed by atoms with Gasteiger partial charge in [-0.05, 0) is 37.6 Å². The van der Waals surface area contributed by atoms with Gasteiger partial charge in [-0.1, -0.05) is 29.6 Å². The first kappa shape index (κ1) is 16.8. The zero-order valence-corrected chi connectivity index (χ0v) is 15.6. The van der Waals surface area contributed by atoms with Crippen LogP contribution < -0.4 is 5.32 Å². The van der Waals surface area contributed by atoms with Gasteiger partial charge in [0.15, 0.2) is 4.96 Å². The number of hydrogen-bond donors (Lipinski definition) is 1. The SMILES string of the molecule is CCc1nnc(NC(=O)c2sc3nc(-c4ccc(F)cc4)cn3c2C)s1. The first-order valence-electron chi connectivity index (χ1n) is 7.93. The molecule has 1 N–H and O–H groups in total. The third kappa shape index (κ3) is 2.99. The number of fused-ring (bicyclic) bond motifs is 1. The molecule has 0 bridgehead atoms. The molecule has 0 saturated heterocycles. The van der Waals surface area contributed by atoms with Crippen LogP contribution in [0.2, 0.25) is 0 Å². The molecule has 3 aromatic heterocycles. The number of nitrogens with one attached hydrogen (secondary N) is 1. The molecule has 0 aliphatic carbocycles. The Kier molecular flexibility index (Phi) is 4.25. The molecule has 0 fully saturated rings. The second-order valence-electron chi connectivity index (χ2n) is 5.61. The number of benzene rings is 1. The van der Waals surface area contributed by atoms with Crippen LogP contribution in [0, 0.1) is 12.7 Å². The maximum absolute atomic E-state index is 13.1. The Labute approximate surface area is 156 Å². The van der Waals surface area contributed by atoms with E-state index in [1.54, 1.807) is 12.1 Å². The summed E-state index contributed by atoms with van der Waals surface area (Å²) in [5, 5.41) is 12.1. The predicted octanol–water partition coefficient (Wildman–Crippen LogP) is 4.18. The number of thiazole rings is 1. The monoisotopic (exact) mass is 387 g/mol. The van der Waals surface area contributed by atoms with Crippen LogP contribution in [0.15, 0.2) is 30.5 Å². The molecule has 26 heavy (non-hydrogen) atoms. The first-order valence-corrected chi connectivity index (χ1v) is 9.56. The fourth-order valence-corrected chi connectivity index (χ4v) is 4.20. The Hall–Kier alpha value is -2.65. The molecule has 1 aromatic carbocycles. The van der Waals surface area contributed by atoms with Crippen LogP contribution in [-0.2, 0) is 6.42 Å². The van der Waals surface area contributed by atoms with Gasteiger partial charge in [-0.3, -0.25) is 14.5 Å². The minimum absolute atomic E-state index is 0.222. The summed E-state index contributed by atoms with van der Waals surface area (Å²) in [5.74, 6) is -0.507. The first-order chi connectivity index (χ1) is 12.5. The Morgan fingerprint density at radius 2 is 2.00 bits per heavy atom. The Balaban J connectivity index is 1.62. The molecule has 4 rings (SSSR count). The largest absolute Gasteiger partial charge is 0.296 e. The molecule has 0 saturated carbocycles. The molecule has 9 heteroatoms. The van der Waals surface area contributed by atoms with E-state index in [-0.39, 0.29) is 11.7 Å². The van der Waals surface area contributed by atoms with Crippen molar-refractivity contribution in [2.75, 3.05) is 5.32 Å². The molecule has 4 aromatic rings. The van der Waals surface area contributed by atoms with Gasteiger partial charge in [-0.2, -0.15) is 0 Å². The van der Waals surface area contributed by atoms with Gasteiger partial charge in [-0.15, -0.1) is 10.2 Å². The summed E-state index contributed by atoms with van der Waals surface area (Å²) in [6.45, 7) is 3.86. The average molecular weight is 387 g/mol. The number of halogens is 1. The van der Waals surface area contributed by atoms with Gasteiger partial charge >= 0.3 is 0 Å². The predicted molar refractivity (Wildman–Crippen MR) is 100 cm³/mol. The highest BCUT2D eigenvalue weighted by atomic mass is 32.1. The molecule has 0 aliphatic heterocycles. The zero-order chi connectivity index (χ0) is 18.3. The third-order valence-electron chi connectivity index (χ3n) is 3.89. The molecule has 1 amide bonds. The third-order valence-corrected chi connectivity index (χ3v) is 6.03. The molecule has 6 nitrogen and oxygen atoms in total. The zero-order valence-electron chi connectivity index (χ0n) is 14.0. The Morgan fingerprint density at radius 3 is 2.65 bits per heavy atom. The number of imidazole rings is 1. The van der Waals surface area contributed by atoms with Crippen molar-refractivity contribution < 1.29 is 9.18 Å². The van der Waals surface area contributed by atoms with E-state index in [9.17, 15) is 9.18 Å². The molecule has 3 heterocycles. The number of aromatic nitrogens is 4. The van der Waals surface area contributed by atoms with Crippen LogP contribution in [0.4, 0.5) is 9.52 Å². The molecule has 0 radical (unpaired) electrons. The van der Waals surface area contributed by atoms with E-state index in [4.69, 9.17) is 0 Å². The van der Waals surface area contributed by atoms with E-state index >= 15 is 0 Å². The lowest BCUT2D eigenvalue weighted by atomic mass is 10.2. The van der Waals surface area contributed by atoms with Crippen molar-refractivity contribution in [3.8, 4) is 11.3 Å². The maximum Gasteiger partial charge on any atom is 0.269 e. The second-order valence-corrected chi connectivity index (χ2v) is 7.65. The minimum Gasteiger partial charge on any atom is -0.296 e. The van der Waals surface area contributed by atoms with Gasteiger partial charge in [0, 0.05) is 17.5 Å². The van der Waals surface area contributed by atoms with E-state index < -0.39 is 0 Å². The number of rotatable bonds is 4. The summed E-state index contributed by atoms with van der Waals surface area (Å²) >= 11 is 2.67. The van der Waals surface area contributed by atoms with E-state index in [0.717, 1.165) is 28.4 Å². The highest BCUT2D eigenvalue weighted by molar-refractivity contribution is 7.19. The molecule has 0 aliphatic rings. The summed E-state index contributed by atoms with van der Waals surface area (Å²) < 4.78 is 15.0. The summed E-state index contributed by atoms with van der Waals surface area (Å²) in [6.07, 6.45) is 2.64. The maximum atomic E-state index is 13.1. The molecular weight excluding hydrogens is 373 g/mol. The van der Waals surface area contributed by atoms with Crippen LogP contribution in [0.3, 0.4) is 0 Å². The van der Waals surface area contributed by atoms with E-state index in [2.05, 4.69) is 20.5 Å². The van der Waals surface area contributed by atoms with Crippen molar-refractivity contribution in [1.29, 1.82) is 0 Å². The van der Waals surface area contributed by atoms with Crippen LogP contribution >= 0.6 is 22.7 Å². The van der Waals surface area contributed by atoms with Crippen LogP contribution in [0.1, 0.15) is 27.3 Å². The van der Waals surface area contributed by atoms with Crippen molar-refractivity contribution in [1.82, 2.24) is 19.6 Å². The van der Waals surface area contributed by atoms with Crippen LogP contribution in [0.5, 0.6) is 0 Å². The van der Waals surface area contributed by atoms with Gasteiger partial charge in [0.25, 0.3) is 5.91 Å². The van der Waals surface area contributed by atoms with E-state index in [1.807, 2.05) is 24.4 Å². The van der Waals surface area contributed by atoms with Crippen molar-refractivity contribution in [3.63, 3.8) is 0 Å². The quantitative estimate of drug-likeness (QED) is 0.570. The van der Waals surface area contributed by atoms with Gasteiger partial charge in [0.05, 0.1) is 5.69 Å². The summed E-state index contributed by atoms with van der Waals surface area (Å²) in [4.78, 5) is 18.4. The van der Waals surface area contributed by atoms with Gasteiger partial charge < -0.3 is 0 Å². The van der Waals surface area contributed by atoms with Crippen molar-refractivity contribution in [3.05, 3.63) is 51.9 Å². The lowest BCUT2D eigenvalue weighted by Crippen LogP contribution is -2.11. The number of carbonyl (C=O) groups excluding carboxylic acids is 1. The van der Waals surface area contributed by atoms with Crippen LogP contribution in [0.25, 0.3) is 16.2 Å². The van der Waals surface area contributed by atoms with Crippen LogP contribution in [-0.4, -0.2) is 25.5 Å². The van der Waals surface area contributed by atoms with Crippen molar-refractivity contribution in [2.24, 2.45) is 0 Å². The van der Waals surface area contributed by atoms with Crippen molar-refractivity contribution in [2.45, 2.75) is 20.3 Å². The van der Waals surface area contributed by atoms with E-state index in [1.165, 1.54) is 34.8 Å². The fraction of sp³-hybridized carbons (Fsp3) is 0.176. The number of aryl methyl sites for hydroxylation is 2. The van der Waals surface area contributed by atoms with Gasteiger partial charge in [-0.25, -0.2) is 9.37 Å². The highest BCUT2D eigenvalue weighted by Crippen LogP contribution is 2.28. The molecular formula is C17H14FN5OS2. The average Bonchev–Trinajstić information content (AvgIpc) is 3.32. The van der Waals surface area contributed by atoms with Gasteiger partial charge in [0.1, 0.15) is 15.7 Å². The molecule has 0 unspecified atom stereocenters. The molecule has 0 atom stereocenters. The summed E-state index contributed by atoms with van der Waals surface area (Å²) in [7, 11) is 0.